The summed E-state index contributed by atoms with van der Waals surface area (Å²) in [5.41, 5.74) is 4.03. The average Bonchev–Trinajstić information content (AvgIpc) is 2.91. The minimum atomic E-state index is -0.864. The van der Waals surface area contributed by atoms with Crippen molar-refractivity contribution < 1.29 is 13.9 Å². The second kappa shape index (κ2) is 5.94. The van der Waals surface area contributed by atoms with E-state index in [2.05, 4.69) is 12.1 Å². The van der Waals surface area contributed by atoms with E-state index >= 15 is 0 Å². The first-order valence-electron chi connectivity index (χ1n) is 7.35. The van der Waals surface area contributed by atoms with Crippen molar-refractivity contribution >= 4 is 0 Å². The van der Waals surface area contributed by atoms with Crippen LogP contribution in [0.1, 0.15) is 28.7 Å². The third-order valence-electron chi connectivity index (χ3n) is 4.12. The van der Waals surface area contributed by atoms with Gasteiger partial charge in [-0.3, -0.25) is 0 Å². The molecule has 2 aromatic carbocycles. The minimum Gasteiger partial charge on any atom is -0.392 e. The fourth-order valence-electron chi connectivity index (χ4n) is 3.06. The maximum Gasteiger partial charge on any atom is 0.162 e. The van der Waals surface area contributed by atoms with Crippen LogP contribution < -0.4 is 0 Å². The molecule has 0 fully saturated rings. The van der Waals surface area contributed by atoms with Crippen LogP contribution >= 0.6 is 0 Å². The minimum absolute atomic E-state index is 0.126. The van der Waals surface area contributed by atoms with Gasteiger partial charge in [-0.1, -0.05) is 30.3 Å². The molecule has 1 N–H and O–H groups in total. The lowest BCUT2D eigenvalue weighted by Crippen LogP contribution is -2.15. The van der Waals surface area contributed by atoms with Crippen molar-refractivity contribution in [1.82, 2.24) is 0 Å². The zero-order chi connectivity index (χ0) is 14.8. The Morgan fingerprint density at radius 3 is 2.67 bits per heavy atom. The third-order valence-corrected chi connectivity index (χ3v) is 4.12. The van der Waals surface area contributed by atoms with E-state index in [1.165, 1.54) is 29.7 Å². The molecule has 0 radical (unpaired) electrons. The zero-order valence-electron chi connectivity index (χ0n) is 11.8. The summed E-state index contributed by atoms with van der Waals surface area (Å²) in [6.45, 7) is 0. The number of benzene rings is 2. The molecule has 110 valence electrons. The SMILES string of the molecule is OC(Cc1ccc2c(c1)CCC2)Cc1cccc(F)c1F. The van der Waals surface area contributed by atoms with Crippen molar-refractivity contribution in [2.45, 2.75) is 38.2 Å². The van der Waals surface area contributed by atoms with E-state index in [4.69, 9.17) is 0 Å². The molecule has 0 bridgehead atoms. The van der Waals surface area contributed by atoms with E-state index in [0.29, 0.717) is 6.42 Å². The van der Waals surface area contributed by atoms with Gasteiger partial charge in [0, 0.05) is 6.42 Å². The van der Waals surface area contributed by atoms with Crippen molar-refractivity contribution in [3.8, 4) is 0 Å². The van der Waals surface area contributed by atoms with Crippen LogP contribution in [0.4, 0.5) is 8.78 Å². The molecule has 21 heavy (non-hydrogen) atoms. The van der Waals surface area contributed by atoms with E-state index in [-0.39, 0.29) is 12.0 Å². The van der Waals surface area contributed by atoms with Gasteiger partial charge >= 0.3 is 0 Å². The lowest BCUT2D eigenvalue weighted by Gasteiger charge is -2.12. The maximum absolute atomic E-state index is 13.6. The molecule has 0 amide bonds. The standard InChI is InChI=1S/C18H18F2O/c19-17-6-2-5-15(18(17)20)11-16(21)10-12-7-8-13-3-1-4-14(13)9-12/h2,5-9,16,21H,1,3-4,10-11H2. The molecule has 0 saturated heterocycles. The van der Waals surface area contributed by atoms with Gasteiger partial charge in [0.15, 0.2) is 11.6 Å². The van der Waals surface area contributed by atoms with Gasteiger partial charge in [-0.05, 0) is 54.0 Å². The second-order valence-electron chi connectivity index (χ2n) is 5.73. The van der Waals surface area contributed by atoms with Crippen LogP contribution in [0, 0.1) is 11.6 Å². The lowest BCUT2D eigenvalue weighted by atomic mass is 9.98. The molecule has 1 aliphatic carbocycles. The number of aryl methyl sites for hydroxylation is 2. The van der Waals surface area contributed by atoms with Crippen molar-refractivity contribution in [2.75, 3.05) is 0 Å². The van der Waals surface area contributed by atoms with Crippen molar-refractivity contribution in [2.24, 2.45) is 0 Å². The smallest absolute Gasteiger partial charge is 0.162 e. The van der Waals surface area contributed by atoms with Crippen LogP contribution in [0.15, 0.2) is 36.4 Å². The van der Waals surface area contributed by atoms with Crippen LogP contribution in [-0.4, -0.2) is 11.2 Å². The number of aliphatic hydroxyl groups excluding tert-OH is 1. The number of rotatable bonds is 4. The molecule has 1 nitrogen and oxygen atoms in total. The highest BCUT2D eigenvalue weighted by Crippen LogP contribution is 2.24. The highest BCUT2D eigenvalue weighted by Gasteiger charge is 2.15. The van der Waals surface area contributed by atoms with Crippen LogP contribution in [0.2, 0.25) is 0 Å². The zero-order valence-corrected chi connectivity index (χ0v) is 11.8. The van der Waals surface area contributed by atoms with Gasteiger partial charge in [-0.2, -0.15) is 0 Å². The Morgan fingerprint density at radius 2 is 1.81 bits per heavy atom. The molecule has 3 rings (SSSR count). The first-order valence-corrected chi connectivity index (χ1v) is 7.35. The molecule has 1 atom stereocenters. The van der Waals surface area contributed by atoms with Crippen molar-refractivity contribution in [3.05, 3.63) is 70.3 Å². The first-order chi connectivity index (χ1) is 10.1. The van der Waals surface area contributed by atoms with Crippen molar-refractivity contribution in [3.63, 3.8) is 0 Å². The Kier molecular flexibility index (Phi) is 4.02. The molecule has 0 aliphatic heterocycles. The highest BCUT2D eigenvalue weighted by molar-refractivity contribution is 5.35. The Balaban J connectivity index is 1.69. The summed E-state index contributed by atoms with van der Waals surface area (Å²) < 4.78 is 26.7. The summed E-state index contributed by atoms with van der Waals surface area (Å²) in [6, 6.07) is 10.3. The molecule has 0 spiro atoms. The second-order valence-corrected chi connectivity index (χ2v) is 5.73. The predicted octanol–water partition coefficient (Wildman–Crippen LogP) is 3.60. The molecular weight excluding hydrogens is 270 g/mol. The van der Waals surface area contributed by atoms with E-state index in [1.54, 1.807) is 0 Å². The fourth-order valence-corrected chi connectivity index (χ4v) is 3.06. The lowest BCUT2D eigenvalue weighted by molar-refractivity contribution is 0.174. The van der Waals surface area contributed by atoms with Gasteiger partial charge in [0.05, 0.1) is 6.10 Å². The Bertz CT molecular complexity index is 652. The first kappa shape index (κ1) is 14.2. The summed E-state index contributed by atoms with van der Waals surface area (Å²) in [4.78, 5) is 0. The summed E-state index contributed by atoms with van der Waals surface area (Å²) in [7, 11) is 0. The number of fused-ring (bicyclic) bond motifs is 1. The Labute approximate surface area is 123 Å². The van der Waals surface area contributed by atoms with Gasteiger partial charge < -0.3 is 5.11 Å². The molecule has 0 aromatic heterocycles. The van der Waals surface area contributed by atoms with E-state index in [0.717, 1.165) is 24.5 Å². The number of hydrogen-bond donors (Lipinski definition) is 1. The van der Waals surface area contributed by atoms with Crippen molar-refractivity contribution in [1.29, 1.82) is 0 Å². The van der Waals surface area contributed by atoms with Crippen LogP contribution in [0.5, 0.6) is 0 Å². The Hall–Kier alpha value is -1.74. The van der Waals surface area contributed by atoms with Gasteiger partial charge in [-0.15, -0.1) is 0 Å². The summed E-state index contributed by atoms with van der Waals surface area (Å²) in [6.07, 6.45) is 3.30. The summed E-state index contributed by atoms with van der Waals surface area (Å²) in [5.74, 6) is -1.72. The van der Waals surface area contributed by atoms with Gasteiger partial charge in [-0.25, -0.2) is 8.78 Å². The molecule has 1 unspecified atom stereocenters. The molecule has 2 aromatic rings. The quantitative estimate of drug-likeness (QED) is 0.911. The van der Waals surface area contributed by atoms with E-state index in [9.17, 15) is 13.9 Å². The predicted molar refractivity (Wildman–Crippen MR) is 78.2 cm³/mol. The fraction of sp³-hybridized carbons (Fsp3) is 0.333. The molecule has 1 aliphatic rings. The number of hydrogen-bond acceptors (Lipinski definition) is 1. The van der Waals surface area contributed by atoms with Crippen LogP contribution in [0.3, 0.4) is 0 Å². The summed E-state index contributed by atoms with van der Waals surface area (Å²) in [5, 5.41) is 10.1. The van der Waals surface area contributed by atoms with E-state index < -0.39 is 17.7 Å². The third kappa shape index (κ3) is 3.13. The van der Waals surface area contributed by atoms with Gasteiger partial charge in [0.25, 0.3) is 0 Å². The Morgan fingerprint density at radius 1 is 1.00 bits per heavy atom. The average molecular weight is 288 g/mol. The summed E-state index contributed by atoms with van der Waals surface area (Å²) >= 11 is 0. The highest BCUT2D eigenvalue weighted by atomic mass is 19.2. The van der Waals surface area contributed by atoms with Gasteiger partial charge in [0.2, 0.25) is 0 Å². The largest absolute Gasteiger partial charge is 0.392 e. The molecular formula is C18H18F2O. The molecule has 3 heteroatoms. The number of aliphatic hydroxyl groups is 1. The normalized spacial score (nSPS) is 15.0. The topological polar surface area (TPSA) is 20.2 Å². The van der Waals surface area contributed by atoms with Crippen LogP contribution in [0.25, 0.3) is 0 Å². The number of halogens is 2. The van der Waals surface area contributed by atoms with Crippen LogP contribution in [-0.2, 0) is 25.7 Å². The maximum atomic E-state index is 13.6. The molecule has 0 heterocycles. The monoisotopic (exact) mass is 288 g/mol. The van der Waals surface area contributed by atoms with Gasteiger partial charge in [0.1, 0.15) is 0 Å². The van der Waals surface area contributed by atoms with E-state index in [1.807, 2.05) is 6.07 Å². The molecule has 0 saturated carbocycles.